The van der Waals surface area contributed by atoms with Crippen LogP contribution >= 0.6 is 0 Å². The van der Waals surface area contributed by atoms with E-state index in [4.69, 9.17) is 0 Å². The highest BCUT2D eigenvalue weighted by Gasteiger charge is 2.17. The van der Waals surface area contributed by atoms with Crippen molar-refractivity contribution in [1.82, 2.24) is 0 Å². The van der Waals surface area contributed by atoms with Gasteiger partial charge in [0.15, 0.2) is 0 Å². The third kappa shape index (κ3) is 8.43. The molecule has 0 amide bonds. The molecule has 1 aromatic carbocycles. The van der Waals surface area contributed by atoms with E-state index in [0.29, 0.717) is 17.6 Å². The molecule has 0 aliphatic carbocycles. The van der Waals surface area contributed by atoms with Gasteiger partial charge in [0.05, 0.1) is 22.7 Å². The van der Waals surface area contributed by atoms with Gasteiger partial charge in [-0.05, 0) is 56.1 Å². The quantitative estimate of drug-likeness (QED) is 0.583. The van der Waals surface area contributed by atoms with E-state index in [1.807, 2.05) is 31.2 Å². The molecule has 0 aromatic heterocycles. The maximum absolute atomic E-state index is 12.3. The smallest absolute Gasteiger partial charge is 0.0661 e. The number of rotatable bonds is 11. The lowest BCUT2D eigenvalue weighted by molar-refractivity contribution is 0.158. The van der Waals surface area contributed by atoms with E-state index >= 15 is 0 Å². The van der Waals surface area contributed by atoms with Gasteiger partial charge in [-0.25, -0.2) is 0 Å². The van der Waals surface area contributed by atoms with Gasteiger partial charge in [-0.2, -0.15) is 0 Å². The van der Waals surface area contributed by atoms with Crippen LogP contribution in [0, 0.1) is 24.7 Å². The molecule has 1 N–H and O–H groups in total. The molecule has 0 saturated carbocycles. The molecule has 2 nitrogen and oxygen atoms in total. The number of benzene rings is 1. The molecular formula is C21H36O2S. The van der Waals surface area contributed by atoms with Crippen LogP contribution in [0.15, 0.2) is 29.2 Å². The number of aliphatic hydroxyl groups is 1. The Hall–Kier alpha value is -0.670. The molecule has 0 saturated heterocycles. The molecule has 0 aliphatic rings. The zero-order valence-corrected chi connectivity index (χ0v) is 16.9. The van der Waals surface area contributed by atoms with Gasteiger partial charge in [-0.15, -0.1) is 0 Å². The topological polar surface area (TPSA) is 37.3 Å². The van der Waals surface area contributed by atoms with Crippen molar-refractivity contribution in [1.29, 1.82) is 0 Å². The van der Waals surface area contributed by atoms with E-state index in [1.165, 1.54) is 19.3 Å². The Morgan fingerprint density at radius 2 is 1.50 bits per heavy atom. The summed E-state index contributed by atoms with van der Waals surface area (Å²) in [6.07, 6.45) is 5.22. The van der Waals surface area contributed by atoms with Crippen molar-refractivity contribution >= 4 is 10.8 Å². The summed E-state index contributed by atoms with van der Waals surface area (Å²) in [5, 5.41) is 10.3. The minimum absolute atomic E-state index is 0.341. The molecule has 0 heterocycles. The molecule has 0 aliphatic heterocycles. The maximum atomic E-state index is 12.3. The first-order valence-electron chi connectivity index (χ1n) is 9.44. The third-order valence-electron chi connectivity index (χ3n) is 4.69. The van der Waals surface area contributed by atoms with Crippen molar-refractivity contribution in [2.75, 3.05) is 5.75 Å². The first kappa shape index (κ1) is 21.4. The Kier molecular flexibility index (Phi) is 9.84. The van der Waals surface area contributed by atoms with Gasteiger partial charge < -0.3 is 5.11 Å². The normalized spacial score (nSPS) is 17.9. The lowest BCUT2D eigenvalue weighted by Gasteiger charge is -2.22. The summed E-state index contributed by atoms with van der Waals surface area (Å²) in [5.41, 5.74) is 1.16. The van der Waals surface area contributed by atoms with Crippen LogP contribution in [0.25, 0.3) is 0 Å². The molecule has 24 heavy (non-hydrogen) atoms. The molecule has 138 valence electrons. The number of hydrogen-bond donors (Lipinski definition) is 1. The highest BCUT2D eigenvalue weighted by Crippen LogP contribution is 2.25. The first-order valence-corrected chi connectivity index (χ1v) is 10.8. The summed E-state index contributed by atoms with van der Waals surface area (Å²) >= 11 is 0. The third-order valence-corrected chi connectivity index (χ3v) is 6.18. The molecular weight excluding hydrogens is 316 g/mol. The first-order chi connectivity index (χ1) is 11.3. The summed E-state index contributed by atoms with van der Waals surface area (Å²) in [6.45, 7) is 11.1. The summed E-state index contributed by atoms with van der Waals surface area (Å²) in [5.74, 6) is 2.29. The van der Waals surface area contributed by atoms with Crippen LogP contribution in [0.1, 0.15) is 65.4 Å². The maximum Gasteiger partial charge on any atom is 0.0661 e. The second kappa shape index (κ2) is 11.0. The fraction of sp³-hybridized carbons (Fsp3) is 0.714. The number of hydrogen-bond acceptors (Lipinski definition) is 2. The van der Waals surface area contributed by atoms with Gasteiger partial charge in [0.25, 0.3) is 0 Å². The van der Waals surface area contributed by atoms with Crippen molar-refractivity contribution in [3.63, 3.8) is 0 Å². The summed E-state index contributed by atoms with van der Waals surface area (Å²) in [7, 11) is -1.11. The second-order valence-corrected chi connectivity index (χ2v) is 9.29. The van der Waals surface area contributed by atoms with E-state index in [-0.39, 0.29) is 0 Å². The average molecular weight is 353 g/mol. The van der Waals surface area contributed by atoms with E-state index in [2.05, 4.69) is 27.7 Å². The Balaban J connectivity index is 2.36. The molecule has 1 aromatic rings. The fourth-order valence-corrected chi connectivity index (χ4v) is 4.79. The average Bonchev–Trinajstić information content (AvgIpc) is 2.47. The molecule has 0 bridgehead atoms. The van der Waals surface area contributed by atoms with Gasteiger partial charge in [-0.1, -0.05) is 58.2 Å². The largest absolute Gasteiger partial charge is 0.392 e. The van der Waals surface area contributed by atoms with Crippen molar-refractivity contribution in [3.05, 3.63) is 29.8 Å². The van der Waals surface area contributed by atoms with Crippen LogP contribution in [-0.2, 0) is 10.8 Å². The van der Waals surface area contributed by atoms with Gasteiger partial charge in [-0.3, -0.25) is 4.21 Å². The number of aliphatic hydroxyl groups excluding tert-OH is 1. The summed E-state index contributed by atoms with van der Waals surface area (Å²) in [4.78, 5) is 0.814. The van der Waals surface area contributed by atoms with Crippen molar-refractivity contribution in [3.8, 4) is 0 Å². The van der Waals surface area contributed by atoms with Gasteiger partial charge >= 0.3 is 0 Å². The standard InChI is InChI=1S/C21H36O2S/c1-6-7-17(3)12-18(4)13-19(5)14-20(22)15-24(23)21-10-8-16(2)9-11-21/h8-11,17-20,22H,6-7,12-15H2,1-5H3/t17-,18-,19-,20+,24?/m1/s1. The molecule has 0 fully saturated rings. The highest BCUT2D eigenvalue weighted by atomic mass is 32.2. The van der Waals surface area contributed by atoms with Crippen LogP contribution in [0.2, 0.25) is 0 Å². The number of aryl methyl sites for hydroxylation is 1. The van der Waals surface area contributed by atoms with Crippen molar-refractivity contribution < 1.29 is 9.32 Å². The van der Waals surface area contributed by atoms with Crippen LogP contribution in [0.3, 0.4) is 0 Å². The molecule has 1 rings (SSSR count). The minimum atomic E-state index is -1.11. The predicted molar refractivity (Wildman–Crippen MR) is 105 cm³/mol. The van der Waals surface area contributed by atoms with E-state index in [9.17, 15) is 9.32 Å². The predicted octanol–water partition coefficient (Wildman–Crippen LogP) is 5.34. The Morgan fingerprint density at radius 1 is 0.958 bits per heavy atom. The Morgan fingerprint density at radius 3 is 2.08 bits per heavy atom. The van der Waals surface area contributed by atoms with Crippen LogP contribution < -0.4 is 0 Å². The molecule has 1 unspecified atom stereocenters. The minimum Gasteiger partial charge on any atom is -0.392 e. The molecule has 0 radical (unpaired) electrons. The Labute approximate surface area is 151 Å². The highest BCUT2D eigenvalue weighted by molar-refractivity contribution is 7.85. The molecule has 5 atom stereocenters. The lowest BCUT2D eigenvalue weighted by atomic mass is 9.86. The summed E-state index contributed by atoms with van der Waals surface area (Å²) in [6, 6.07) is 7.75. The monoisotopic (exact) mass is 352 g/mol. The van der Waals surface area contributed by atoms with Crippen LogP contribution in [0.4, 0.5) is 0 Å². The van der Waals surface area contributed by atoms with Gasteiger partial charge in [0.1, 0.15) is 0 Å². The molecule has 3 heteroatoms. The van der Waals surface area contributed by atoms with Crippen LogP contribution in [0.5, 0.6) is 0 Å². The summed E-state index contributed by atoms with van der Waals surface area (Å²) < 4.78 is 12.3. The zero-order chi connectivity index (χ0) is 18.1. The van der Waals surface area contributed by atoms with Gasteiger partial charge in [0.2, 0.25) is 0 Å². The fourth-order valence-electron chi connectivity index (χ4n) is 3.67. The zero-order valence-electron chi connectivity index (χ0n) is 16.1. The van der Waals surface area contributed by atoms with E-state index in [1.54, 1.807) is 0 Å². The SMILES string of the molecule is CCC[C@@H](C)C[C@@H](C)C[C@@H](C)C[C@H](O)CS(=O)c1ccc(C)cc1. The van der Waals surface area contributed by atoms with E-state index < -0.39 is 16.9 Å². The lowest BCUT2D eigenvalue weighted by Crippen LogP contribution is -2.21. The van der Waals surface area contributed by atoms with Crippen molar-refractivity contribution in [2.24, 2.45) is 17.8 Å². The van der Waals surface area contributed by atoms with Crippen LogP contribution in [-0.4, -0.2) is 21.2 Å². The van der Waals surface area contributed by atoms with E-state index in [0.717, 1.165) is 29.2 Å². The molecule has 0 spiro atoms. The van der Waals surface area contributed by atoms with Gasteiger partial charge in [0, 0.05) is 4.90 Å². The Bertz CT molecular complexity index is 483. The van der Waals surface area contributed by atoms with Crippen molar-refractivity contribution in [2.45, 2.75) is 77.7 Å². The second-order valence-electron chi connectivity index (χ2n) is 7.79.